The van der Waals surface area contributed by atoms with Crippen LogP contribution in [-0.4, -0.2) is 49.8 Å². The summed E-state index contributed by atoms with van der Waals surface area (Å²) in [6.07, 6.45) is 9.96. The third kappa shape index (κ3) is 5.85. The number of nitrogens with zero attached hydrogens (tertiary/aromatic N) is 1. The minimum Gasteiger partial charge on any atom is -0.427 e. The monoisotopic (exact) mass is 492 g/mol. The number of methoxy groups -OCH3 is 1. The smallest absolute Gasteiger partial charge is 0.308 e. The molecule has 36 heavy (non-hydrogen) atoms. The number of benzene rings is 2. The van der Waals surface area contributed by atoms with E-state index in [0.717, 1.165) is 51.6 Å². The fourth-order valence-corrected chi connectivity index (χ4v) is 6.89. The lowest BCUT2D eigenvalue weighted by Gasteiger charge is -2.60. The SMILES string of the molecule is COC12CCC(C(N)CCCCCc3ccccc3)CC1(c1cccc(OC(C)=O)c1)CCN(C)C2. The van der Waals surface area contributed by atoms with Crippen LogP contribution in [0.3, 0.4) is 0 Å². The van der Waals surface area contributed by atoms with E-state index < -0.39 is 0 Å². The molecule has 4 atom stereocenters. The van der Waals surface area contributed by atoms with Crippen LogP contribution < -0.4 is 10.5 Å². The highest BCUT2D eigenvalue weighted by molar-refractivity contribution is 5.69. The van der Waals surface area contributed by atoms with Crippen molar-refractivity contribution in [2.45, 2.75) is 81.8 Å². The summed E-state index contributed by atoms with van der Waals surface area (Å²) in [7, 11) is 4.06. The molecule has 1 aliphatic carbocycles. The highest BCUT2D eigenvalue weighted by Crippen LogP contribution is 2.55. The van der Waals surface area contributed by atoms with E-state index in [-0.39, 0.29) is 23.0 Å². The Balaban J connectivity index is 1.46. The molecule has 1 saturated heterocycles. The number of piperidine rings is 1. The number of hydrogen-bond acceptors (Lipinski definition) is 5. The van der Waals surface area contributed by atoms with Gasteiger partial charge >= 0.3 is 5.97 Å². The number of nitrogens with two attached hydrogens (primary N) is 1. The van der Waals surface area contributed by atoms with Crippen molar-refractivity contribution in [2.24, 2.45) is 11.7 Å². The molecule has 0 aromatic heterocycles. The summed E-state index contributed by atoms with van der Waals surface area (Å²) in [5.41, 5.74) is 9.12. The summed E-state index contributed by atoms with van der Waals surface area (Å²) < 4.78 is 11.9. The van der Waals surface area contributed by atoms with Gasteiger partial charge in [0.25, 0.3) is 0 Å². The lowest BCUT2D eigenvalue weighted by Crippen LogP contribution is -2.66. The number of esters is 1. The second-order valence-electron chi connectivity index (χ2n) is 11.1. The summed E-state index contributed by atoms with van der Waals surface area (Å²) in [5.74, 6) is 0.785. The molecule has 1 saturated carbocycles. The molecule has 2 aromatic rings. The average Bonchev–Trinajstić information content (AvgIpc) is 2.88. The Hall–Kier alpha value is -2.21. The van der Waals surface area contributed by atoms with Crippen LogP contribution in [0.1, 0.15) is 69.4 Å². The third-order valence-corrected chi connectivity index (χ3v) is 8.84. The molecular weight excluding hydrogens is 448 g/mol. The summed E-state index contributed by atoms with van der Waals surface area (Å²) in [5, 5.41) is 0. The predicted octanol–water partition coefficient (Wildman–Crippen LogP) is 5.50. The van der Waals surface area contributed by atoms with E-state index in [1.54, 1.807) is 0 Å². The Kier molecular flexibility index (Phi) is 8.87. The van der Waals surface area contributed by atoms with Crippen molar-refractivity contribution < 1.29 is 14.3 Å². The van der Waals surface area contributed by atoms with E-state index in [1.165, 1.54) is 37.3 Å². The Morgan fingerprint density at radius 1 is 1.11 bits per heavy atom. The molecule has 0 amide bonds. The molecule has 2 aromatic carbocycles. The fourth-order valence-electron chi connectivity index (χ4n) is 6.89. The quantitative estimate of drug-likeness (QED) is 0.269. The van der Waals surface area contributed by atoms with Crippen LogP contribution >= 0.6 is 0 Å². The van der Waals surface area contributed by atoms with Gasteiger partial charge in [-0.1, -0.05) is 55.3 Å². The summed E-state index contributed by atoms with van der Waals surface area (Å²) >= 11 is 0. The van der Waals surface area contributed by atoms with Gasteiger partial charge in [-0.3, -0.25) is 4.79 Å². The van der Waals surface area contributed by atoms with Crippen molar-refractivity contribution in [3.05, 3.63) is 65.7 Å². The van der Waals surface area contributed by atoms with Crippen LogP contribution in [0, 0.1) is 5.92 Å². The number of hydrogen-bond donors (Lipinski definition) is 1. The zero-order chi connectivity index (χ0) is 25.6. The van der Waals surface area contributed by atoms with Gasteiger partial charge < -0.3 is 20.1 Å². The molecule has 0 bridgehead atoms. The van der Waals surface area contributed by atoms with Gasteiger partial charge in [0.05, 0.1) is 5.60 Å². The van der Waals surface area contributed by atoms with Gasteiger partial charge in [0.2, 0.25) is 0 Å². The lowest BCUT2D eigenvalue weighted by molar-refractivity contribution is -0.151. The molecule has 1 aliphatic heterocycles. The average molecular weight is 493 g/mol. The van der Waals surface area contributed by atoms with Gasteiger partial charge in [0.15, 0.2) is 0 Å². The van der Waals surface area contributed by atoms with Crippen LogP contribution in [0.25, 0.3) is 0 Å². The predicted molar refractivity (Wildman–Crippen MR) is 145 cm³/mol. The number of likely N-dealkylation sites (N-methyl/N-ethyl adjacent to an activating group) is 1. The summed E-state index contributed by atoms with van der Waals surface area (Å²) in [6.45, 7) is 3.38. The summed E-state index contributed by atoms with van der Waals surface area (Å²) in [6, 6.07) is 19.1. The Morgan fingerprint density at radius 2 is 1.92 bits per heavy atom. The number of rotatable bonds is 10. The first kappa shape index (κ1) is 26.8. The second-order valence-corrected chi connectivity index (χ2v) is 11.1. The molecule has 5 heteroatoms. The first-order valence-electron chi connectivity index (χ1n) is 13.7. The number of aryl methyl sites for hydroxylation is 1. The highest BCUT2D eigenvalue weighted by atomic mass is 16.5. The number of carbonyl (C=O) groups is 1. The molecule has 196 valence electrons. The molecule has 4 rings (SSSR count). The Labute approximate surface area is 217 Å². The first-order chi connectivity index (χ1) is 17.4. The maximum atomic E-state index is 11.6. The molecule has 1 heterocycles. The minimum atomic E-state index is -0.290. The molecule has 4 unspecified atom stereocenters. The van der Waals surface area contributed by atoms with Crippen LogP contribution in [0.4, 0.5) is 0 Å². The van der Waals surface area contributed by atoms with E-state index in [2.05, 4.69) is 54.4 Å². The maximum Gasteiger partial charge on any atom is 0.308 e. The van der Waals surface area contributed by atoms with Crippen molar-refractivity contribution >= 4 is 5.97 Å². The van der Waals surface area contributed by atoms with E-state index in [9.17, 15) is 4.79 Å². The molecule has 2 aliphatic rings. The van der Waals surface area contributed by atoms with Crippen molar-refractivity contribution in [2.75, 3.05) is 27.2 Å². The van der Waals surface area contributed by atoms with Crippen molar-refractivity contribution in [1.29, 1.82) is 0 Å². The molecule has 2 fully saturated rings. The van der Waals surface area contributed by atoms with Gasteiger partial charge in [0, 0.05) is 32.0 Å². The van der Waals surface area contributed by atoms with E-state index in [4.69, 9.17) is 15.2 Å². The second kappa shape index (κ2) is 11.9. The van der Waals surface area contributed by atoms with Crippen molar-refractivity contribution in [3.63, 3.8) is 0 Å². The van der Waals surface area contributed by atoms with Gasteiger partial charge in [-0.05, 0) is 87.7 Å². The van der Waals surface area contributed by atoms with Crippen molar-refractivity contribution in [3.8, 4) is 5.75 Å². The number of ether oxygens (including phenoxy) is 2. The zero-order valence-electron chi connectivity index (χ0n) is 22.4. The fraction of sp³-hybridized carbons (Fsp3) is 0.581. The van der Waals surface area contributed by atoms with E-state index in [0.29, 0.717) is 11.7 Å². The van der Waals surface area contributed by atoms with Crippen LogP contribution in [0.2, 0.25) is 0 Å². The van der Waals surface area contributed by atoms with Gasteiger partial charge in [-0.2, -0.15) is 0 Å². The minimum absolute atomic E-state index is 0.141. The third-order valence-electron chi connectivity index (χ3n) is 8.84. The number of unbranched alkanes of at least 4 members (excludes halogenated alkanes) is 2. The van der Waals surface area contributed by atoms with Crippen LogP contribution in [0.15, 0.2) is 54.6 Å². The highest BCUT2D eigenvalue weighted by Gasteiger charge is 2.58. The number of likely N-dealkylation sites (tertiary alicyclic amines) is 1. The van der Waals surface area contributed by atoms with Gasteiger partial charge in [0.1, 0.15) is 5.75 Å². The zero-order valence-corrected chi connectivity index (χ0v) is 22.4. The number of carbonyl (C=O) groups excluding carboxylic acids is 1. The number of fused-ring (bicyclic) bond motifs is 1. The lowest BCUT2D eigenvalue weighted by atomic mass is 9.53. The molecule has 2 N–H and O–H groups in total. The molecule has 5 nitrogen and oxygen atoms in total. The van der Waals surface area contributed by atoms with Crippen LogP contribution in [0.5, 0.6) is 5.75 Å². The normalized spacial score (nSPS) is 27.3. The van der Waals surface area contributed by atoms with Gasteiger partial charge in [-0.15, -0.1) is 0 Å². The van der Waals surface area contributed by atoms with Crippen molar-refractivity contribution in [1.82, 2.24) is 4.90 Å². The van der Waals surface area contributed by atoms with E-state index in [1.807, 2.05) is 19.2 Å². The maximum absolute atomic E-state index is 11.6. The molecule has 0 radical (unpaired) electrons. The standard InChI is InChI=1S/C31H44N2O3/c1-24(34)36-28-15-10-14-27(21-28)30-19-20-33(2)23-31(30,35-3)18-17-26(22-30)29(32)16-9-5-8-13-25-11-6-4-7-12-25/h4,6-7,10-12,14-15,21,26,29H,5,8-9,13,16-20,22-23,32H2,1-3H3. The molecular formula is C31H44N2O3. The van der Waals surface area contributed by atoms with Gasteiger partial charge in [-0.25, -0.2) is 0 Å². The first-order valence-corrected chi connectivity index (χ1v) is 13.7. The Bertz CT molecular complexity index is 996. The summed E-state index contributed by atoms with van der Waals surface area (Å²) in [4.78, 5) is 14.0. The molecule has 0 spiro atoms. The topological polar surface area (TPSA) is 64.8 Å². The van der Waals surface area contributed by atoms with E-state index >= 15 is 0 Å². The Morgan fingerprint density at radius 3 is 2.67 bits per heavy atom. The largest absolute Gasteiger partial charge is 0.427 e. The van der Waals surface area contributed by atoms with Crippen LogP contribution in [-0.2, 0) is 21.4 Å².